The van der Waals surface area contributed by atoms with Crippen LogP contribution in [0.5, 0.6) is 5.75 Å². The van der Waals surface area contributed by atoms with Crippen LogP contribution in [0, 0.1) is 8.99 Å². The lowest BCUT2D eigenvalue weighted by Crippen LogP contribution is -2.09. The topological polar surface area (TPSA) is 20.2 Å². The number of allylic oxidation sites excluding steroid dienone is 1. The van der Waals surface area contributed by atoms with Crippen molar-refractivity contribution in [2.75, 3.05) is 0 Å². The van der Waals surface area contributed by atoms with Gasteiger partial charge in [0.2, 0.25) is 0 Å². The van der Waals surface area contributed by atoms with E-state index in [4.69, 9.17) is 0 Å². The van der Waals surface area contributed by atoms with Gasteiger partial charge in [0, 0.05) is 0 Å². The molecule has 1 aromatic rings. The van der Waals surface area contributed by atoms with Crippen molar-refractivity contribution in [1.82, 2.24) is 0 Å². The van der Waals surface area contributed by atoms with Crippen LogP contribution in [0.25, 0.3) is 0 Å². The van der Waals surface area contributed by atoms with Crippen LogP contribution in [-0.4, -0.2) is 5.11 Å². The van der Waals surface area contributed by atoms with Crippen molar-refractivity contribution < 1.29 is 5.11 Å². The van der Waals surface area contributed by atoms with Crippen LogP contribution < -0.4 is 0 Å². The second-order valence-electron chi connectivity index (χ2n) is 5.14. The van der Waals surface area contributed by atoms with Gasteiger partial charge < -0.3 is 5.11 Å². The maximum Gasteiger partial charge on any atom is 0.128 e. The molecule has 1 aromatic carbocycles. The molecule has 0 saturated carbocycles. The number of benzene rings is 1. The van der Waals surface area contributed by atoms with Gasteiger partial charge in [-0.3, -0.25) is 0 Å². The summed E-state index contributed by atoms with van der Waals surface area (Å²) < 4.78 is 0.913. The van der Waals surface area contributed by atoms with E-state index in [0.29, 0.717) is 5.75 Å². The molecule has 16 heavy (non-hydrogen) atoms. The normalized spacial score (nSPS) is 11.5. The van der Waals surface area contributed by atoms with Gasteiger partial charge in [0.15, 0.2) is 0 Å². The molecule has 0 atom stereocenters. The first-order chi connectivity index (χ1) is 7.30. The molecule has 0 saturated heterocycles. The number of phenols is 1. The summed E-state index contributed by atoms with van der Waals surface area (Å²) in [6.45, 7) is 10.7. The predicted octanol–water partition coefficient (Wildman–Crippen LogP) is 4.53. The zero-order valence-electron chi connectivity index (χ0n) is 10.2. The standard InChI is InChI=1S/C14H19IO/c1-10(14(2,3)4)5-6-11-7-8-13(16)12(15)9-11/h7-9,16H,1,5-6H2,2-4H3. The van der Waals surface area contributed by atoms with Crippen molar-refractivity contribution in [3.8, 4) is 5.75 Å². The van der Waals surface area contributed by atoms with E-state index < -0.39 is 0 Å². The fourth-order valence-corrected chi connectivity index (χ4v) is 1.96. The lowest BCUT2D eigenvalue weighted by atomic mass is 9.84. The minimum Gasteiger partial charge on any atom is -0.507 e. The fourth-order valence-electron chi connectivity index (χ4n) is 1.38. The molecule has 0 aliphatic heterocycles. The predicted molar refractivity (Wildman–Crippen MR) is 77.7 cm³/mol. The number of aromatic hydroxyl groups is 1. The molecule has 0 radical (unpaired) electrons. The second kappa shape index (κ2) is 5.21. The summed E-state index contributed by atoms with van der Waals surface area (Å²) in [5.41, 5.74) is 2.72. The quantitative estimate of drug-likeness (QED) is 0.638. The summed E-state index contributed by atoms with van der Waals surface area (Å²) in [4.78, 5) is 0. The van der Waals surface area contributed by atoms with Gasteiger partial charge in [-0.25, -0.2) is 0 Å². The van der Waals surface area contributed by atoms with E-state index in [-0.39, 0.29) is 5.41 Å². The van der Waals surface area contributed by atoms with Crippen LogP contribution >= 0.6 is 22.6 Å². The number of hydrogen-bond donors (Lipinski definition) is 1. The molecule has 0 bridgehead atoms. The Hall–Kier alpha value is -0.510. The molecule has 0 heterocycles. The number of halogens is 1. The minimum absolute atomic E-state index is 0.185. The molecule has 0 amide bonds. The van der Waals surface area contributed by atoms with Gasteiger partial charge in [-0.1, -0.05) is 39.0 Å². The zero-order valence-corrected chi connectivity index (χ0v) is 12.3. The summed E-state index contributed by atoms with van der Waals surface area (Å²) in [6.07, 6.45) is 2.00. The van der Waals surface area contributed by atoms with Crippen LogP contribution in [0.3, 0.4) is 0 Å². The Kier molecular flexibility index (Phi) is 4.42. The van der Waals surface area contributed by atoms with E-state index in [1.54, 1.807) is 6.07 Å². The average molecular weight is 330 g/mol. The highest BCUT2D eigenvalue weighted by atomic mass is 127. The van der Waals surface area contributed by atoms with Crippen LogP contribution in [0.4, 0.5) is 0 Å². The average Bonchev–Trinajstić information content (AvgIpc) is 2.18. The van der Waals surface area contributed by atoms with Crippen LogP contribution in [0.15, 0.2) is 30.4 Å². The first kappa shape index (κ1) is 13.6. The smallest absolute Gasteiger partial charge is 0.128 e. The highest BCUT2D eigenvalue weighted by Crippen LogP contribution is 2.28. The monoisotopic (exact) mass is 330 g/mol. The van der Waals surface area contributed by atoms with Crippen molar-refractivity contribution >= 4 is 22.6 Å². The lowest BCUT2D eigenvalue weighted by molar-refractivity contribution is 0.470. The van der Waals surface area contributed by atoms with E-state index in [1.165, 1.54) is 11.1 Å². The van der Waals surface area contributed by atoms with Gasteiger partial charge in [0.05, 0.1) is 3.57 Å². The number of hydrogen-bond acceptors (Lipinski definition) is 1. The summed E-state index contributed by atoms with van der Waals surface area (Å²) in [7, 11) is 0. The van der Waals surface area contributed by atoms with E-state index in [1.807, 2.05) is 12.1 Å². The first-order valence-electron chi connectivity index (χ1n) is 5.46. The van der Waals surface area contributed by atoms with Crippen molar-refractivity contribution in [3.63, 3.8) is 0 Å². The van der Waals surface area contributed by atoms with E-state index in [9.17, 15) is 5.11 Å². The molecule has 0 fully saturated rings. The van der Waals surface area contributed by atoms with Gasteiger partial charge in [0.1, 0.15) is 5.75 Å². The van der Waals surface area contributed by atoms with Crippen molar-refractivity contribution in [2.24, 2.45) is 5.41 Å². The highest BCUT2D eigenvalue weighted by molar-refractivity contribution is 14.1. The third-order valence-corrected chi connectivity index (χ3v) is 3.65. The van der Waals surface area contributed by atoms with Crippen LogP contribution in [-0.2, 0) is 6.42 Å². The van der Waals surface area contributed by atoms with Gasteiger partial charge in [-0.05, 0) is 58.5 Å². The molecule has 88 valence electrons. The summed E-state index contributed by atoms with van der Waals surface area (Å²) in [5, 5.41) is 9.43. The van der Waals surface area contributed by atoms with Gasteiger partial charge in [-0.2, -0.15) is 0 Å². The van der Waals surface area contributed by atoms with Crippen LogP contribution in [0.1, 0.15) is 32.8 Å². The Bertz CT molecular complexity index is 388. The Morgan fingerprint density at radius 1 is 1.38 bits per heavy atom. The van der Waals surface area contributed by atoms with E-state index in [2.05, 4.69) is 49.9 Å². The molecule has 1 N–H and O–H groups in total. The zero-order chi connectivity index (χ0) is 12.3. The molecular weight excluding hydrogens is 311 g/mol. The summed E-state index contributed by atoms with van der Waals surface area (Å²) >= 11 is 2.15. The molecule has 1 rings (SSSR count). The Labute approximate surface area is 112 Å². The maximum atomic E-state index is 9.43. The third kappa shape index (κ3) is 3.81. The van der Waals surface area contributed by atoms with Crippen molar-refractivity contribution in [3.05, 3.63) is 39.5 Å². The molecule has 0 spiro atoms. The molecule has 0 aliphatic rings. The minimum atomic E-state index is 0.185. The molecule has 1 nitrogen and oxygen atoms in total. The van der Waals surface area contributed by atoms with E-state index >= 15 is 0 Å². The largest absolute Gasteiger partial charge is 0.507 e. The molecule has 0 aliphatic carbocycles. The molecule has 2 heteroatoms. The fraction of sp³-hybridized carbons (Fsp3) is 0.429. The summed E-state index contributed by atoms with van der Waals surface area (Å²) in [5.74, 6) is 0.360. The van der Waals surface area contributed by atoms with Crippen molar-refractivity contribution in [2.45, 2.75) is 33.6 Å². The van der Waals surface area contributed by atoms with Gasteiger partial charge >= 0.3 is 0 Å². The highest BCUT2D eigenvalue weighted by Gasteiger charge is 2.14. The number of rotatable bonds is 3. The SMILES string of the molecule is C=C(CCc1ccc(O)c(I)c1)C(C)(C)C. The van der Waals surface area contributed by atoms with E-state index in [0.717, 1.165) is 16.4 Å². The van der Waals surface area contributed by atoms with Crippen molar-refractivity contribution in [1.29, 1.82) is 0 Å². The second-order valence-corrected chi connectivity index (χ2v) is 6.30. The first-order valence-corrected chi connectivity index (χ1v) is 6.54. The van der Waals surface area contributed by atoms with Gasteiger partial charge in [-0.15, -0.1) is 0 Å². The molecule has 0 aromatic heterocycles. The van der Waals surface area contributed by atoms with Gasteiger partial charge in [0.25, 0.3) is 0 Å². The summed E-state index contributed by atoms with van der Waals surface area (Å²) in [6, 6.07) is 5.77. The van der Waals surface area contributed by atoms with Crippen LogP contribution in [0.2, 0.25) is 0 Å². The maximum absolute atomic E-state index is 9.43. The number of phenolic OH excluding ortho intramolecular Hbond substituents is 1. The third-order valence-electron chi connectivity index (χ3n) is 2.79. The molecule has 0 unspecified atom stereocenters. The Morgan fingerprint density at radius 2 is 2.00 bits per heavy atom. The number of aryl methyl sites for hydroxylation is 1. The Balaban J connectivity index is 2.62. The molecular formula is C14H19IO. The lowest BCUT2D eigenvalue weighted by Gasteiger charge is -2.21. The Morgan fingerprint density at radius 3 is 2.50 bits per heavy atom.